The maximum absolute atomic E-state index is 12.8. The molecule has 0 fully saturated rings. The number of rotatable bonds is 10. The lowest BCUT2D eigenvalue weighted by molar-refractivity contribution is 0.296. The molecule has 0 radical (unpaired) electrons. The monoisotopic (exact) mass is 202 g/mol. The SMILES string of the molecule is CCCCCCCCCCC(F)CC. The van der Waals surface area contributed by atoms with E-state index in [0.29, 0.717) is 6.42 Å². The zero-order valence-electron chi connectivity index (χ0n) is 10.0. The Kier molecular flexibility index (Phi) is 11.0. The van der Waals surface area contributed by atoms with Gasteiger partial charge in [-0.05, 0) is 12.8 Å². The van der Waals surface area contributed by atoms with Gasteiger partial charge in [-0.1, -0.05) is 65.2 Å². The number of unbranched alkanes of at least 4 members (excludes halogenated alkanes) is 7. The van der Waals surface area contributed by atoms with E-state index in [2.05, 4.69) is 6.92 Å². The van der Waals surface area contributed by atoms with Crippen molar-refractivity contribution in [3.8, 4) is 0 Å². The maximum atomic E-state index is 12.8. The molecule has 0 aromatic carbocycles. The molecule has 0 amide bonds. The minimum atomic E-state index is -0.546. The minimum absolute atomic E-state index is 0.546. The van der Waals surface area contributed by atoms with Gasteiger partial charge in [0.2, 0.25) is 0 Å². The second-order valence-electron chi connectivity index (χ2n) is 4.27. The number of hydrogen-bond acceptors (Lipinski definition) is 0. The third-order valence-electron chi connectivity index (χ3n) is 2.81. The molecule has 0 saturated heterocycles. The van der Waals surface area contributed by atoms with E-state index in [1.165, 1.54) is 44.9 Å². The first-order valence-electron chi connectivity index (χ1n) is 6.45. The normalized spacial score (nSPS) is 13.1. The summed E-state index contributed by atoms with van der Waals surface area (Å²) in [7, 11) is 0. The van der Waals surface area contributed by atoms with E-state index in [0.717, 1.165) is 12.8 Å². The van der Waals surface area contributed by atoms with E-state index in [9.17, 15) is 4.39 Å². The van der Waals surface area contributed by atoms with E-state index in [4.69, 9.17) is 0 Å². The molecule has 0 rings (SSSR count). The molecule has 0 aromatic heterocycles. The molecule has 0 nitrogen and oxygen atoms in total. The van der Waals surface area contributed by atoms with Crippen molar-refractivity contribution in [3.63, 3.8) is 0 Å². The Morgan fingerprint density at radius 3 is 1.79 bits per heavy atom. The fourth-order valence-corrected chi connectivity index (χ4v) is 1.70. The average molecular weight is 202 g/mol. The lowest BCUT2D eigenvalue weighted by Gasteiger charge is -2.04. The maximum Gasteiger partial charge on any atom is 0.0999 e. The molecular weight excluding hydrogens is 175 g/mol. The molecule has 0 bridgehead atoms. The first-order chi connectivity index (χ1) is 6.81. The molecule has 1 heteroatoms. The summed E-state index contributed by atoms with van der Waals surface area (Å²) in [5.41, 5.74) is 0. The van der Waals surface area contributed by atoms with Gasteiger partial charge < -0.3 is 0 Å². The zero-order valence-corrected chi connectivity index (χ0v) is 10.0. The molecule has 0 aliphatic carbocycles. The second-order valence-corrected chi connectivity index (χ2v) is 4.27. The number of halogens is 1. The molecular formula is C13H27F. The lowest BCUT2D eigenvalue weighted by atomic mass is 10.1. The number of hydrogen-bond donors (Lipinski definition) is 0. The second kappa shape index (κ2) is 11.0. The predicted octanol–water partition coefficient (Wildman–Crippen LogP) is 5.27. The Morgan fingerprint density at radius 2 is 1.29 bits per heavy atom. The van der Waals surface area contributed by atoms with E-state index in [1.54, 1.807) is 0 Å². The van der Waals surface area contributed by atoms with Crippen LogP contribution in [0.15, 0.2) is 0 Å². The Bertz CT molecular complexity index is 101. The Labute approximate surface area is 89.3 Å². The van der Waals surface area contributed by atoms with Gasteiger partial charge in [0, 0.05) is 0 Å². The van der Waals surface area contributed by atoms with Crippen LogP contribution in [0.2, 0.25) is 0 Å². The minimum Gasteiger partial charge on any atom is -0.248 e. The fraction of sp³-hybridized carbons (Fsp3) is 1.00. The van der Waals surface area contributed by atoms with Crippen LogP contribution in [0.5, 0.6) is 0 Å². The first-order valence-corrected chi connectivity index (χ1v) is 6.45. The molecule has 0 aliphatic heterocycles. The third-order valence-corrected chi connectivity index (χ3v) is 2.81. The quantitative estimate of drug-likeness (QED) is 0.424. The van der Waals surface area contributed by atoms with Gasteiger partial charge in [-0.2, -0.15) is 0 Å². The van der Waals surface area contributed by atoms with Crippen LogP contribution in [-0.4, -0.2) is 6.17 Å². The largest absolute Gasteiger partial charge is 0.248 e. The van der Waals surface area contributed by atoms with Crippen molar-refractivity contribution in [2.75, 3.05) is 0 Å². The molecule has 0 heterocycles. The highest BCUT2D eigenvalue weighted by atomic mass is 19.1. The molecule has 0 aliphatic rings. The van der Waals surface area contributed by atoms with Gasteiger partial charge in [0.1, 0.15) is 0 Å². The van der Waals surface area contributed by atoms with Gasteiger partial charge in [-0.15, -0.1) is 0 Å². The average Bonchev–Trinajstić information content (AvgIpc) is 2.21. The fourth-order valence-electron chi connectivity index (χ4n) is 1.70. The Morgan fingerprint density at radius 1 is 0.786 bits per heavy atom. The summed E-state index contributed by atoms with van der Waals surface area (Å²) in [6, 6.07) is 0. The van der Waals surface area contributed by atoms with Crippen molar-refractivity contribution in [2.45, 2.75) is 84.2 Å². The van der Waals surface area contributed by atoms with Crippen LogP contribution in [0.1, 0.15) is 78.1 Å². The first kappa shape index (κ1) is 13.9. The summed E-state index contributed by atoms with van der Waals surface area (Å²) in [5, 5.41) is 0. The van der Waals surface area contributed by atoms with Gasteiger partial charge >= 0.3 is 0 Å². The van der Waals surface area contributed by atoms with Crippen LogP contribution in [0, 0.1) is 0 Å². The van der Waals surface area contributed by atoms with Gasteiger partial charge in [-0.25, -0.2) is 4.39 Å². The molecule has 0 N–H and O–H groups in total. The molecule has 0 saturated carbocycles. The van der Waals surface area contributed by atoms with Crippen LogP contribution in [-0.2, 0) is 0 Å². The molecule has 14 heavy (non-hydrogen) atoms. The summed E-state index contributed by atoms with van der Waals surface area (Å²) in [4.78, 5) is 0. The van der Waals surface area contributed by atoms with Gasteiger partial charge in [0.05, 0.1) is 6.17 Å². The molecule has 1 atom stereocenters. The molecule has 0 aromatic rings. The smallest absolute Gasteiger partial charge is 0.0999 e. The van der Waals surface area contributed by atoms with Gasteiger partial charge in [0.25, 0.3) is 0 Å². The van der Waals surface area contributed by atoms with Crippen molar-refractivity contribution < 1.29 is 4.39 Å². The van der Waals surface area contributed by atoms with Crippen LogP contribution < -0.4 is 0 Å². The number of alkyl halides is 1. The summed E-state index contributed by atoms with van der Waals surface area (Å²) in [6.07, 6.45) is 11.4. The topological polar surface area (TPSA) is 0 Å². The highest BCUT2D eigenvalue weighted by molar-refractivity contribution is 4.53. The molecule has 0 spiro atoms. The van der Waals surface area contributed by atoms with Gasteiger partial charge in [-0.3, -0.25) is 0 Å². The van der Waals surface area contributed by atoms with E-state index in [-0.39, 0.29) is 0 Å². The molecule has 86 valence electrons. The van der Waals surface area contributed by atoms with Gasteiger partial charge in [0.15, 0.2) is 0 Å². The lowest BCUT2D eigenvalue weighted by Crippen LogP contribution is -1.96. The van der Waals surface area contributed by atoms with Crippen molar-refractivity contribution in [1.29, 1.82) is 0 Å². The highest BCUT2D eigenvalue weighted by Gasteiger charge is 2.01. The van der Waals surface area contributed by atoms with E-state index < -0.39 is 6.17 Å². The van der Waals surface area contributed by atoms with E-state index >= 15 is 0 Å². The molecule has 1 unspecified atom stereocenters. The van der Waals surface area contributed by atoms with Crippen molar-refractivity contribution >= 4 is 0 Å². The van der Waals surface area contributed by atoms with Crippen LogP contribution >= 0.6 is 0 Å². The van der Waals surface area contributed by atoms with Crippen molar-refractivity contribution in [2.24, 2.45) is 0 Å². The summed E-state index contributed by atoms with van der Waals surface area (Å²) in [5.74, 6) is 0. The van der Waals surface area contributed by atoms with Crippen LogP contribution in [0.3, 0.4) is 0 Å². The Hall–Kier alpha value is -0.0700. The van der Waals surface area contributed by atoms with E-state index in [1.807, 2.05) is 6.92 Å². The summed E-state index contributed by atoms with van der Waals surface area (Å²) < 4.78 is 12.8. The van der Waals surface area contributed by atoms with Crippen LogP contribution in [0.25, 0.3) is 0 Å². The zero-order chi connectivity index (χ0) is 10.6. The highest BCUT2D eigenvalue weighted by Crippen LogP contribution is 2.12. The summed E-state index contributed by atoms with van der Waals surface area (Å²) in [6.45, 7) is 4.17. The van der Waals surface area contributed by atoms with Crippen molar-refractivity contribution in [3.05, 3.63) is 0 Å². The Balaban J connectivity index is 2.92. The van der Waals surface area contributed by atoms with Crippen molar-refractivity contribution in [1.82, 2.24) is 0 Å². The summed E-state index contributed by atoms with van der Waals surface area (Å²) >= 11 is 0. The third kappa shape index (κ3) is 10.0. The predicted molar refractivity (Wildman–Crippen MR) is 62.4 cm³/mol. The van der Waals surface area contributed by atoms with Crippen LogP contribution in [0.4, 0.5) is 4.39 Å². The standard InChI is InChI=1S/C13H27F/c1-3-5-6-7-8-9-10-11-12-13(14)4-2/h13H,3-12H2,1-2H3.